The summed E-state index contributed by atoms with van der Waals surface area (Å²) in [6, 6.07) is 15.5. The molecular weight excluding hydrogens is 482 g/mol. The molecule has 0 spiro atoms. The molecule has 0 saturated carbocycles. The summed E-state index contributed by atoms with van der Waals surface area (Å²) in [5.41, 5.74) is 1.41. The van der Waals surface area contributed by atoms with Gasteiger partial charge in [0, 0.05) is 30.1 Å². The molecule has 3 aromatic rings. The maximum Gasteiger partial charge on any atom is 0.416 e. The summed E-state index contributed by atoms with van der Waals surface area (Å²) >= 11 is 0. The number of ether oxygens (including phenoxy) is 2. The maximum absolute atomic E-state index is 13.9. The first-order chi connectivity index (χ1) is 17.8. The Labute approximate surface area is 223 Å². The largest absolute Gasteiger partial charge is 0.444 e. The Morgan fingerprint density at radius 3 is 2.18 bits per heavy atom. The Morgan fingerprint density at radius 1 is 0.921 bits per heavy atom. The number of carbonyl (C=O) groups is 3. The van der Waals surface area contributed by atoms with Crippen molar-refractivity contribution in [2.45, 2.75) is 70.7 Å². The third-order valence-electron chi connectivity index (χ3n) is 7.30. The Hall–Kier alpha value is -3.81. The van der Waals surface area contributed by atoms with Crippen LogP contribution < -0.4 is 4.90 Å². The number of aldehydes is 1. The van der Waals surface area contributed by atoms with Crippen molar-refractivity contribution in [3.63, 3.8) is 0 Å². The summed E-state index contributed by atoms with van der Waals surface area (Å²) in [7, 11) is 1.87. The maximum atomic E-state index is 13.9. The Bertz CT molecular complexity index is 1440. The summed E-state index contributed by atoms with van der Waals surface area (Å²) < 4.78 is 13.6. The van der Waals surface area contributed by atoms with Crippen molar-refractivity contribution >= 4 is 35.1 Å². The minimum absolute atomic E-state index is 0.342. The van der Waals surface area contributed by atoms with Gasteiger partial charge < -0.3 is 14.0 Å². The Morgan fingerprint density at radius 2 is 1.53 bits per heavy atom. The fourth-order valence-electron chi connectivity index (χ4n) is 6.07. The molecule has 2 aromatic carbocycles. The van der Waals surface area contributed by atoms with Crippen LogP contribution in [-0.4, -0.2) is 51.9 Å². The molecule has 3 heterocycles. The van der Waals surface area contributed by atoms with E-state index in [1.54, 1.807) is 9.80 Å². The van der Waals surface area contributed by atoms with Gasteiger partial charge in [-0.1, -0.05) is 36.4 Å². The minimum atomic E-state index is -0.874. The van der Waals surface area contributed by atoms with E-state index in [1.165, 1.54) is 0 Å². The van der Waals surface area contributed by atoms with Gasteiger partial charge in [-0.2, -0.15) is 0 Å². The van der Waals surface area contributed by atoms with Crippen LogP contribution in [0.1, 0.15) is 69.6 Å². The number of anilines is 1. The number of hydrogen-bond acceptors (Lipinski definition) is 5. The summed E-state index contributed by atoms with van der Waals surface area (Å²) in [6.45, 7) is 11.2. The number of nitrogens with zero attached hydrogens (tertiary/aromatic N) is 3. The first kappa shape index (κ1) is 25.8. The minimum Gasteiger partial charge on any atom is -0.444 e. The third kappa shape index (κ3) is 3.85. The van der Waals surface area contributed by atoms with E-state index in [0.717, 1.165) is 28.3 Å². The van der Waals surface area contributed by atoms with Crippen LogP contribution in [0.5, 0.6) is 0 Å². The van der Waals surface area contributed by atoms with Gasteiger partial charge in [-0.15, -0.1) is 0 Å². The van der Waals surface area contributed by atoms with Crippen LogP contribution in [0.4, 0.5) is 15.3 Å². The first-order valence-electron chi connectivity index (χ1n) is 12.9. The zero-order valence-electron chi connectivity index (χ0n) is 23.1. The van der Waals surface area contributed by atoms with Crippen molar-refractivity contribution in [2.75, 3.05) is 11.4 Å². The van der Waals surface area contributed by atoms with Crippen molar-refractivity contribution in [3.05, 3.63) is 65.4 Å². The standard InChI is InChI=1S/C30H35N3O5/c1-28(2,3)37-26(35)32-17-16-30(24-19-12-8-10-14-21(19)31(7)23(24)18-34)20-13-9-11-15-22(20)33(25(30)32)27(36)38-29(4,5)6/h8-15,18,25H,16-17H2,1-7H3/t25-,30+/m1/s1. The lowest BCUT2D eigenvalue weighted by Gasteiger charge is -2.38. The third-order valence-corrected chi connectivity index (χ3v) is 7.30. The lowest BCUT2D eigenvalue weighted by molar-refractivity contribution is 0.0187. The van der Waals surface area contributed by atoms with Gasteiger partial charge in [-0.3, -0.25) is 14.6 Å². The molecule has 2 aliphatic heterocycles. The molecule has 0 aliphatic carbocycles. The van der Waals surface area contributed by atoms with Crippen molar-refractivity contribution < 1.29 is 23.9 Å². The summed E-state index contributed by atoms with van der Waals surface area (Å²) in [6.07, 6.45) is -0.481. The van der Waals surface area contributed by atoms with Gasteiger partial charge in [0.05, 0.1) is 16.8 Å². The fourth-order valence-corrected chi connectivity index (χ4v) is 6.07. The van der Waals surface area contributed by atoms with Crippen LogP contribution in [0.2, 0.25) is 0 Å². The van der Waals surface area contributed by atoms with Crippen molar-refractivity contribution in [3.8, 4) is 0 Å². The molecule has 1 fully saturated rings. The monoisotopic (exact) mass is 517 g/mol. The number of aryl methyl sites for hydroxylation is 1. The van der Waals surface area contributed by atoms with Crippen LogP contribution in [0.25, 0.3) is 10.9 Å². The van der Waals surface area contributed by atoms with Crippen molar-refractivity contribution in [1.82, 2.24) is 9.47 Å². The van der Waals surface area contributed by atoms with Crippen molar-refractivity contribution in [1.29, 1.82) is 0 Å². The van der Waals surface area contributed by atoms with Gasteiger partial charge in [0.15, 0.2) is 6.29 Å². The number of fused-ring (bicyclic) bond motifs is 4. The topological polar surface area (TPSA) is 81.1 Å². The number of aromatic nitrogens is 1. The quantitative estimate of drug-likeness (QED) is 0.390. The molecule has 2 aliphatic rings. The molecule has 0 bridgehead atoms. The summed E-state index contributed by atoms with van der Waals surface area (Å²) in [5, 5.41) is 0.911. The van der Waals surface area contributed by atoms with E-state index < -0.39 is 35.0 Å². The molecule has 1 aromatic heterocycles. The van der Waals surface area contributed by atoms with E-state index in [4.69, 9.17) is 9.47 Å². The van der Waals surface area contributed by atoms with E-state index >= 15 is 0 Å². The molecule has 8 nitrogen and oxygen atoms in total. The molecule has 200 valence electrons. The molecule has 2 amide bonds. The predicted octanol–water partition coefficient (Wildman–Crippen LogP) is 6.00. The number of para-hydroxylation sites is 2. The van der Waals surface area contributed by atoms with Crippen molar-refractivity contribution in [2.24, 2.45) is 7.05 Å². The Balaban J connectivity index is 1.82. The second kappa shape index (κ2) is 8.61. The van der Waals surface area contributed by atoms with E-state index in [9.17, 15) is 14.4 Å². The molecule has 8 heteroatoms. The number of benzene rings is 2. The van der Waals surface area contributed by atoms with E-state index in [-0.39, 0.29) is 0 Å². The summed E-state index contributed by atoms with van der Waals surface area (Å²) in [5.74, 6) is 0. The number of carbonyl (C=O) groups excluding carboxylic acids is 3. The average molecular weight is 518 g/mol. The highest BCUT2D eigenvalue weighted by molar-refractivity contribution is 6.00. The summed E-state index contributed by atoms with van der Waals surface area (Å²) in [4.78, 5) is 43.4. The molecule has 38 heavy (non-hydrogen) atoms. The molecule has 1 saturated heterocycles. The molecular formula is C30H35N3O5. The van der Waals surface area contributed by atoms with Crippen LogP contribution in [0.15, 0.2) is 48.5 Å². The average Bonchev–Trinajstić information content (AvgIpc) is 3.43. The van der Waals surface area contributed by atoms with Crippen LogP contribution in [-0.2, 0) is 21.9 Å². The van der Waals surface area contributed by atoms with Gasteiger partial charge in [0.1, 0.15) is 17.4 Å². The number of rotatable bonds is 2. The van der Waals surface area contributed by atoms with Crippen LogP contribution >= 0.6 is 0 Å². The lowest BCUT2D eigenvalue weighted by atomic mass is 9.72. The van der Waals surface area contributed by atoms with Gasteiger partial charge in [0.25, 0.3) is 0 Å². The molecule has 0 N–H and O–H groups in total. The molecule has 0 unspecified atom stereocenters. The smallest absolute Gasteiger partial charge is 0.416 e. The van der Waals surface area contributed by atoms with E-state index in [0.29, 0.717) is 24.3 Å². The zero-order valence-corrected chi connectivity index (χ0v) is 23.1. The fraction of sp³-hybridized carbons (Fsp3) is 0.433. The highest BCUT2D eigenvalue weighted by atomic mass is 16.6. The molecule has 5 rings (SSSR count). The second-order valence-electron chi connectivity index (χ2n) is 12.1. The van der Waals surface area contributed by atoms with E-state index in [1.807, 2.05) is 102 Å². The number of hydrogen-bond donors (Lipinski definition) is 0. The zero-order chi connectivity index (χ0) is 27.6. The molecule has 2 atom stereocenters. The van der Waals surface area contributed by atoms with Gasteiger partial charge >= 0.3 is 12.2 Å². The van der Waals surface area contributed by atoms with Crippen LogP contribution in [0.3, 0.4) is 0 Å². The van der Waals surface area contributed by atoms with Gasteiger partial charge in [-0.05, 0) is 65.7 Å². The second-order valence-corrected chi connectivity index (χ2v) is 12.1. The van der Waals surface area contributed by atoms with Gasteiger partial charge in [-0.25, -0.2) is 9.59 Å². The molecule has 0 radical (unpaired) electrons. The number of amides is 2. The number of likely N-dealkylation sites (tertiary alicyclic amines) is 1. The van der Waals surface area contributed by atoms with E-state index in [2.05, 4.69) is 0 Å². The SMILES string of the molecule is Cn1c(C=O)c([C@@]23CCN(C(=O)OC(C)(C)C)[C@@H]2N(C(=O)OC(C)(C)C)c2ccccc23)c2ccccc21. The highest BCUT2D eigenvalue weighted by Gasteiger charge is 2.63. The predicted molar refractivity (Wildman–Crippen MR) is 146 cm³/mol. The Kier molecular flexibility index (Phi) is 5.85. The lowest BCUT2D eigenvalue weighted by Crippen LogP contribution is -2.56. The normalized spacial score (nSPS) is 20.9. The van der Waals surface area contributed by atoms with Crippen LogP contribution in [0, 0.1) is 0 Å². The first-order valence-corrected chi connectivity index (χ1v) is 12.9. The highest BCUT2D eigenvalue weighted by Crippen LogP contribution is 2.58. The van der Waals surface area contributed by atoms with Gasteiger partial charge in [0.2, 0.25) is 0 Å².